The molecule has 18 heavy (non-hydrogen) atoms. The zero-order valence-electron chi connectivity index (χ0n) is 10.5. The summed E-state index contributed by atoms with van der Waals surface area (Å²) in [5.74, 6) is 0.0250. The average Bonchev–Trinajstić information content (AvgIpc) is 2.46. The van der Waals surface area contributed by atoms with Crippen LogP contribution in [0.3, 0.4) is 0 Å². The smallest absolute Gasteiger partial charge is 0.195 e. The minimum atomic E-state index is 0.0250. The molecular formula is C15H16N2O. The van der Waals surface area contributed by atoms with Crippen molar-refractivity contribution in [1.29, 1.82) is 0 Å². The predicted octanol–water partition coefficient (Wildman–Crippen LogP) is 3.00. The Morgan fingerprint density at radius 2 is 1.61 bits per heavy atom. The average molecular weight is 240 g/mol. The van der Waals surface area contributed by atoms with Crippen LogP contribution in [0.2, 0.25) is 0 Å². The maximum Gasteiger partial charge on any atom is 0.195 e. The van der Waals surface area contributed by atoms with E-state index in [1.54, 1.807) is 0 Å². The zero-order valence-corrected chi connectivity index (χ0v) is 10.5. The van der Waals surface area contributed by atoms with Crippen LogP contribution in [-0.2, 0) is 0 Å². The number of nitrogens with one attached hydrogen (secondary N) is 2. The highest BCUT2D eigenvalue weighted by atomic mass is 16.1. The lowest BCUT2D eigenvalue weighted by Gasteiger charge is -2.13. The van der Waals surface area contributed by atoms with E-state index in [0.29, 0.717) is 11.1 Å². The standard InChI is InChI=1S/C15H16N2O/c1-16-13-10-6-9-12(14(13)17-2)15(18)11-7-4-3-5-8-11/h3-10,16-17H,1-2H3. The van der Waals surface area contributed by atoms with E-state index in [9.17, 15) is 4.79 Å². The predicted molar refractivity (Wildman–Crippen MR) is 75.4 cm³/mol. The highest BCUT2D eigenvalue weighted by molar-refractivity contribution is 6.13. The Morgan fingerprint density at radius 3 is 2.22 bits per heavy atom. The third-order valence-corrected chi connectivity index (χ3v) is 2.86. The SMILES string of the molecule is CNc1cccc(C(=O)c2ccccc2)c1NC. The highest BCUT2D eigenvalue weighted by Crippen LogP contribution is 2.27. The summed E-state index contributed by atoms with van der Waals surface area (Å²) in [5.41, 5.74) is 3.12. The number of rotatable bonds is 4. The Balaban J connectivity index is 2.48. The molecule has 2 rings (SSSR count). The molecule has 0 fully saturated rings. The first kappa shape index (κ1) is 12.2. The summed E-state index contributed by atoms with van der Waals surface area (Å²) >= 11 is 0. The second-order valence-corrected chi connectivity index (χ2v) is 3.92. The molecule has 0 aliphatic rings. The van der Waals surface area contributed by atoms with E-state index in [-0.39, 0.29) is 5.78 Å². The molecule has 0 aromatic heterocycles. The Hall–Kier alpha value is -2.29. The first-order valence-corrected chi connectivity index (χ1v) is 5.86. The summed E-state index contributed by atoms with van der Waals surface area (Å²) in [7, 11) is 3.66. The molecule has 0 aliphatic carbocycles. The fourth-order valence-electron chi connectivity index (χ4n) is 1.96. The molecule has 0 saturated carbocycles. The Kier molecular flexibility index (Phi) is 3.63. The van der Waals surface area contributed by atoms with Crippen molar-refractivity contribution in [3.05, 3.63) is 59.7 Å². The van der Waals surface area contributed by atoms with E-state index in [4.69, 9.17) is 0 Å². The molecule has 0 atom stereocenters. The quantitative estimate of drug-likeness (QED) is 0.807. The van der Waals surface area contributed by atoms with E-state index >= 15 is 0 Å². The molecule has 0 amide bonds. The molecule has 0 saturated heterocycles. The van der Waals surface area contributed by atoms with Crippen LogP contribution in [0, 0.1) is 0 Å². The third-order valence-electron chi connectivity index (χ3n) is 2.86. The maximum atomic E-state index is 12.4. The lowest BCUT2D eigenvalue weighted by atomic mass is 10.0. The van der Waals surface area contributed by atoms with Gasteiger partial charge >= 0.3 is 0 Å². The molecule has 0 aliphatic heterocycles. The van der Waals surface area contributed by atoms with Crippen LogP contribution in [0.5, 0.6) is 0 Å². The third kappa shape index (κ3) is 2.20. The number of carbonyl (C=O) groups is 1. The largest absolute Gasteiger partial charge is 0.386 e. The van der Waals surface area contributed by atoms with Gasteiger partial charge in [0.15, 0.2) is 5.78 Å². The number of hydrogen-bond donors (Lipinski definition) is 2. The maximum absolute atomic E-state index is 12.4. The van der Waals surface area contributed by atoms with Crippen molar-refractivity contribution in [3.8, 4) is 0 Å². The first-order valence-electron chi connectivity index (χ1n) is 5.86. The topological polar surface area (TPSA) is 41.1 Å². The van der Waals surface area contributed by atoms with Gasteiger partial charge in [-0.1, -0.05) is 36.4 Å². The first-order chi connectivity index (χ1) is 8.77. The lowest BCUT2D eigenvalue weighted by molar-refractivity contribution is 0.103. The van der Waals surface area contributed by atoms with Crippen molar-refractivity contribution in [2.75, 3.05) is 24.7 Å². The van der Waals surface area contributed by atoms with Gasteiger partial charge in [-0.2, -0.15) is 0 Å². The van der Waals surface area contributed by atoms with E-state index in [1.165, 1.54) is 0 Å². The van der Waals surface area contributed by atoms with Gasteiger partial charge in [0, 0.05) is 25.2 Å². The van der Waals surface area contributed by atoms with Gasteiger partial charge in [0.05, 0.1) is 11.4 Å². The van der Waals surface area contributed by atoms with Gasteiger partial charge < -0.3 is 10.6 Å². The number of anilines is 2. The molecule has 0 bridgehead atoms. The number of ketones is 1. The van der Waals surface area contributed by atoms with E-state index < -0.39 is 0 Å². The van der Waals surface area contributed by atoms with E-state index in [1.807, 2.05) is 62.6 Å². The van der Waals surface area contributed by atoms with Crippen LogP contribution in [0.1, 0.15) is 15.9 Å². The minimum Gasteiger partial charge on any atom is -0.386 e. The molecule has 0 heterocycles. The minimum absolute atomic E-state index is 0.0250. The molecule has 2 aromatic rings. The van der Waals surface area contributed by atoms with Gasteiger partial charge in [-0.25, -0.2) is 0 Å². The number of para-hydroxylation sites is 1. The van der Waals surface area contributed by atoms with Gasteiger partial charge in [-0.15, -0.1) is 0 Å². The molecule has 2 aromatic carbocycles. The second kappa shape index (κ2) is 5.36. The van der Waals surface area contributed by atoms with E-state index in [0.717, 1.165) is 11.4 Å². The fraction of sp³-hybridized carbons (Fsp3) is 0.133. The van der Waals surface area contributed by atoms with Crippen LogP contribution in [0.25, 0.3) is 0 Å². The molecule has 2 N–H and O–H groups in total. The van der Waals surface area contributed by atoms with Crippen LogP contribution < -0.4 is 10.6 Å². The van der Waals surface area contributed by atoms with Crippen molar-refractivity contribution in [2.24, 2.45) is 0 Å². The summed E-state index contributed by atoms with van der Waals surface area (Å²) < 4.78 is 0. The van der Waals surface area contributed by atoms with Gasteiger partial charge in [0.25, 0.3) is 0 Å². The normalized spacial score (nSPS) is 9.89. The Labute approximate surface area is 107 Å². The Morgan fingerprint density at radius 1 is 0.889 bits per heavy atom. The van der Waals surface area contributed by atoms with E-state index in [2.05, 4.69) is 10.6 Å². The zero-order chi connectivity index (χ0) is 13.0. The van der Waals surface area contributed by atoms with Crippen LogP contribution in [-0.4, -0.2) is 19.9 Å². The van der Waals surface area contributed by atoms with Crippen molar-refractivity contribution in [3.63, 3.8) is 0 Å². The van der Waals surface area contributed by atoms with Crippen molar-refractivity contribution in [1.82, 2.24) is 0 Å². The van der Waals surface area contributed by atoms with Crippen LogP contribution in [0.4, 0.5) is 11.4 Å². The highest BCUT2D eigenvalue weighted by Gasteiger charge is 2.14. The van der Waals surface area contributed by atoms with Crippen LogP contribution in [0.15, 0.2) is 48.5 Å². The fourth-order valence-corrected chi connectivity index (χ4v) is 1.96. The number of benzene rings is 2. The number of carbonyl (C=O) groups excluding carboxylic acids is 1. The lowest BCUT2D eigenvalue weighted by Crippen LogP contribution is -2.07. The van der Waals surface area contributed by atoms with Crippen molar-refractivity contribution >= 4 is 17.2 Å². The van der Waals surface area contributed by atoms with Gasteiger partial charge in [-0.05, 0) is 12.1 Å². The molecular weight excluding hydrogens is 224 g/mol. The molecule has 0 unspecified atom stereocenters. The van der Waals surface area contributed by atoms with Crippen molar-refractivity contribution < 1.29 is 4.79 Å². The monoisotopic (exact) mass is 240 g/mol. The van der Waals surface area contributed by atoms with Gasteiger partial charge in [0.1, 0.15) is 0 Å². The summed E-state index contributed by atoms with van der Waals surface area (Å²) in [6.45, 7) is 0. The van der Waals surface area contributed by atoms with Gasteiger partial charge in [0.2, 0.25) is 0 Å². The molecule has 3 heteroatoms. The molecule has 0 spiro atoms. The van der Waals surface area contributed by atoms with Crippen LogP contribution >= 0.6 is 0 Å². The van der Waals surface area contributed by atoms with Crippen molar-refractivity contribution in [2.45, 2.75) is 0 Å². The Bertz CT molecular complexity index is 550. The second-order valence-electron chi connectivity index (χ2n) is 3.92. The molecule has 3 nitrogen and oxygen atoms in total. The summed E-state index contributed by atoms with van der Waals surface area (Å²) in [5, 5.41) is 6.16. The molecule has 92 valence electrons. The number of hydrogen-bond acceptors (Lipinski definition) is 3. The van der Waals surface area contributed by atoms with Gasteiger partial charge in [-0.3, -0.25) is 4.79 Å². The summed E-state index contributed by atoms with van der Waals surface area (Å²) in [6, 6.07) is 14.9. The summed E-state index contributed by atoms with van der Waals surface area (Å²) in [4.78, 5) is 12.4. The molecule has 0 radical (unpaired) electrons. The summed E-state index contributed by atoms with van der Waals surface area (Å²) in [6.07, 6.45) is 0.